The molecule has 2 heterocycles. The van der Waals surface area contributed by atoms with Crippen molar-refractivity contribution in [2.24, 2.45) is 5.41 Å². The number of hydrogen-bond donors (Lipinski definition) is 2. The minimum absolute atomic E-state index is 0.0910. The van der Waals surface area contributed by atoms with Gasteiger partial charge >= 0.3 is 5.97 Å². The van der Waals surface area contributed by atoms with Crippen LogP contribution in [0.15, 0.2) is 18.2 Å². The van der Waals surface area contributed by atoms with Crippen molar-refractivity contribution >= 4 is 27.4 Å². The van der Waals surface area contributed by atoms with Gasteiger partial charge in [0.15, 0.2) is 0 Å². The average Bonchev–Trinajstić information content (AvgIpc) is 2.77. The molecular weight excluding hydrogens is 293 g/mol. The lowest BCUT2D eigenvalue weighted by molar-refractivity contribution is -0.0991. The van der Waals surface area contributed by atoms with Gasteiger partial charge in [-0.25, -0.2) is 9.18 Å². The minimum atomic E-state index is -1.01. The number of nitrogens with one attached hydrogen (secondary N) is 1. The molecule has 1 saturated heterocycles. The molecule has 1 aromatic carbocycles. The molecule has 0 atom stereocenters. The normalized spacial score (nSPS) is 16.9. The Kier molecular flexibility index (Phi) is 3.69. The molecular formula is C15H16FNO3S. The number of hydrogen-bond acceptors (Lipinski definition) is 4. The second kappa shape index (κ2) is 5.36. The van der Waals surface area contributed by atoms with Crippen LogP contribution in [-0.2, 0) is 11.3 Å². The van der Waals surface area contributed by atoms with Crippen molar-refractivity contribution in [2.75, 3.05) is 19.8 Å². The fourth-order valence-corrected chi connectivity index (χ4v) is 3.62. The summed E-state index contributed by atoms with van der Waals surface area (Å²) in [6.07, 6.45) is 0. The molecule has 0 aliphatic carbocycles. The Morgan fingerprint density at radius 2 is 2.29 bits per heavy atom. The van der Waals surface area contributed by atoms with Crippen LogP contribution in [-0.4, -0.2) is 30.8 Å². The van der Waals surface area contributed by atoms with Gasteiger partial charge in [-0.15, -0.1) is 11.3 Å². The zero-order valence-corrected chi connectivity index (χ0v) is 12.4. The summed E-state index contributed by atoms with van der Waals surface area (Å²) in [4.78, 5) is 11.6. The Morgan fingerprint density at radius 1 is 1.52 bits per heavy atom. The van der Waals surface area contributed by atoms with Gasteiger partial charge in [-0.3, -0.25) is 0 Å². The molecule has 1 aliphatic heterocycles. The molecule has 0 radical (unpaired) electrons. The van der Waals surface area contributed by atoms with Crippen molar-refractivity contribution in [1.82, 2.24) is 5.32 Å². The molecule has 1 aromatic heterocycles. The Hall–Kier alpha value is -1.50. The van der Waals surface area contributed by atoms with Crippen LogP contribution in [0.1, 0.15) is 22.2 Å². The van der Waals surface area contributed by atoms with E-state index in [0.29, 0.717) is 35.4 Å². The minimum Gasteiger partial charge on any atom is -0.477 e. The van der Waals surface area contributed by atoms with Gasteiger partial charge in [-0.05, 0) is 12.1 Å². The SMILES string of the molecule is CC1(CNCc2c(C(=O)O)sc3cccc(F)c23)COC1. The molecule has 0 spiro atoms. The Labute approximate surface area is 125 Å². The molecule has 112 valence electrons. The predicted octanol–water partition coefficient (Wildman–Crippen LogP) is 2.86. The highest BCUT2D eigenvalue weighted by molar-refractivity contribution is 7.21. The molecule has 21 heavy (non-hydrogen) atoms. The fraction of sp³-hybridized carbons (Fsp3) is 0.400. The van der Waals surface area contributed by atoms with Gasteiger partial charge in [0.25, 0.3) is 0 Å². The van der Waals surface area contributed by atoms with Gasteiger partial charge in [0.2, 0.25) is 0 Å². The number of rotatable bonds is 5. The first kappa shape index (κ1) is 14.4. The molecule has 2 aromatic rings. The second-order valence-electron chi connectivity index (χ2n) is 5.73. The number of fused-ring (bicyclic) bond motifs is 1. The number of carbonyl (C=O) groups is 1. The maximum Gasteiger partial charge on any atom is 0.346 e. The van der Waals surface area contributed by atoms with Gasteiger partial charge in [0.05, 0.1) is 13.2 Å². The third kappa shape index (κ3) is 2.66. The van der Waals surface area contributed by atoms with Crippen LogP contribution in [0.3, 0.4) is 0 Å². The quantitative estimate of drug-likeness (QED) is 0.891. The molecule has 0 bridgehead atoms. The molecule has 2 N–H and O–H groups in total. The number of carboxylic acid groups (broad SMARTS) is 1. The van der Waals surface area contributed by atoms with Gasteiger partial charge in [-0.2, -0.15) is 0 Å². The van der Waals surface area contributed by atoms with Crippen molar-refractivity contribution < 1.29 is 19.0 Å². The number of aromatic carboxylic acids is 1. The van der Waals surface area contributed by atoms with Crippen LogP contribution in [0.25, 0.3) is 10.1 Å². The van der Waals surface area contributed by atoms with Crippen molar-refractivity contribution in [3.05, 3.63) is 34.5 Å². The Balaban J connectivity index is 1.88. The summed E-state index contributed by atoms with van der Waals surface area (Å²) < 4.78 is 19.9. The van der Waals surface area contributed by atoms with Gasteiger partial charge in [-0.1, -0.05) is 13.0 Å². The van der Waals surface area contributed by atoms with Crippen LogP contribution >= 0.6 is 11.3 Å². The van der Waals surface area contributed by atoms with Gasteiger partial charge in [0.1, 0.15) is 10.7 Å². The lowest BCUT2D eigenvalue weighted by Gasteiger charge is -2.38. The van der Waals surface area contributed by atoms with E-state index in [1.807, 2.05) is 0 Å². The number of carboxylic acids is 1. The van der Waals surface area contributed by atoms with Crippen molar-refractivity contribution in [2.45, 2.75) is 13.5 Å². The second-order valence-corrected chi connectivity index (χ2v) is 6.79. The Bertz CT molecular complexity index is 694. The smallest absolute Gasteiger partial charge is 0.346 e. The van der Waals surface area contributed by atoms with Gasteiger partial charge in [0, 0.05) is 34.2 Å². The summed E-state index contributed by atoms with van der Waals surface area (Å²) in [5.41, 5.74) is 0.623. The van der Waals surface area contributed by atoms with Crippen molar-refractivity contribution in [1.29, 1.82) is 0 Å². The fourth-order valence-electron chi connectivity index (χ4n) is 2.55. The monoisotopic (exact) mass is 309 g/mol. The summed E-state index contributed by atoms with van der Waals surface area (Å²) in [6, 6.07) is 4.72. The number of halogens is 1. The van der Waals surface area contributed by atoms with Gasteiger partial charge < -0.3 is 15.2 Å². The van der Waals surface area contributed by atoms with Crippen LogP contribution in [0, 0.1) is 11.2 Å². The van der Waals surface area contributed by atoms with Crippen molar-refractivity contribution in [3.8, 4) is 0 Å². The molecule has 4 nitrogen and oxygen atoms in total. The zero-order chi connectivity index (χ0) is 15.0. The molecule has 3 rings (SSSR count). The molecule has 0 unspecified atom stereocenters. The topological polar surface area (TPSA) is 58.6 Å². The highest BCUT2D eigenvalue weighted by atomic mass is 32.1. The standard InChI is InChI=1S/C15H16FNO3S/c1-15(7-20-8-15)6-17-5-9-12-10(16)3-2-4-11(12)21-13(9)14(18)19/h2-4,17H,5-8H2,1H3,(H,18,19). The molecule has 1 aliphatic rings. The summed E-state index contributed by atoms with van der Waals surface area (Å²) in [5.74, 6) is -1.38. The molecule has 1 fully saturated rings. The van der Waals surface area contributed by atoms with E-state index in [1.165, 1.54) is 6.07 Å². The molecule has 0 amide bonds. The average molecular weight is 309 g/mol. The highest BCUT2D eigenvalue weighted by Gasteiger charge is 2.33. The van der Waals surface area contributed by atoms with Crippen LogP contribution in [0.5, 0.6) is 0 Å². The summed E-state index contributed by atoms with van der Waals surface area (Å²) in [6.45, 7) is 4.57. The van der Waals surface area contributed by atoms with E-state index in [9.17, 15) is 14.3 Å². The van der Waals surface area contributed by atoms with E-state index in [0.717, 1.165) is 17.9 Å². The maximum atomic E-state index is 14.0. The van der Waals surface area contributed by atoms with Crippen LogP contribution in [0.4, 0.5) is 4.39 Å². The first-order valence-corrected chi connectivity index (χ1v) is 7.53. The van der Waals surface area contributed by atoms with E-state index >= 15 is 0 Å². The first-order valence-electron chi connectivity index (χ1n) is 6.72. The summed E-state index contributed by atoms with van der Waals surface area (Å²) in [7, 11) is 0. The van der Waals surface area contributed by atoms with Crippen LogP contribution < -0.4 is 5.32 Å². The first-order chi connectivity index (χ1) is 10.0. The van der Waals surface area contributed by atoms with Crippen LogP contribution in [0.2, 0.25) is 0 Å². The van der Waals surface area contributed by atoms with E-state index in [4.69, 9.17) is 4.74 Å². The third-order valence-corrected chi connectivity index (χ3v) is 4.90. The van der Waals surface area contributed by atoms with Crippen molar-refractivity contribution in [3.63, 3.8) is 0 Å². The largest absolute Gasteiger partial charge is 0.477 e. The summed E-state index contributed by atoms with van der Waals surface area (Å²) in [5, 5.41) is 13.0. The van der Waals surface area contributed by atoms with E-state index in [1.54, 1.807) is 12.1 Å². The lowest BCUT2D eigenvalue weighted by atomic mass is 9.88. The number of ether oxygens (including phenoxy) is 1. The lowest BCUT2D eigenvalue weighted by Crippen LogP contribution is -2.47. The van der Waals surface area contributed by atoms with E-state index in [2.05, 4.69) is 12.2 Å². The maximum absolute atomic E-state index is 14.0. The highest BCUT2D eigenvalue weighted by Crippen LogP contribution is 2.33. The molecule has 0 saturated carbocycles. The summed E-state index contributed by atoms with van der Waals surface area (Å²) >= 11 is 1.12. The molecule has 6 heteroatoms. The number of benzene rings is 1. The zero-order valence-electron chi connectivity index (χ0n) is 11.6. The third-order valence-electron chi connectivity index (χ3n) is 3.71. The Morgan fingerprint density at radius 3 is 2.90 bits per heavy atom. The van der Waals surface area contributed by atoms with E-state index < -0.39 is 5.97 Å². The van der Waals surface area contributed by atoms with E-state index in [-0.39, 0.29) is 16.1 Å². The number of thiophene rings is 1. The predicted molar refractivity (Wildman–Crippen MR) is 79.4 cm³/mol.